The van der Waals surface area contributed by atoms with Crippen LogP contribution in [0.3, 0.4) is 0 Å². The molecule has 0 fully saturated rings. The summed E-state index contributed by atoms with van der Waals surface area (Å²) in [5.74, 6) is -0.0424. The molecule has 0 aliphatic heterocycles. The number of thiazole rings is 2. The van der Waals surface area contributed by atoms with E-state index >= 15 is 0 Å². The van der Waals surface area contributed by atoms with Gasteiger partial charge in [0.25, 0.3) is 5.91 Å². The van der Waals surface area contributed by atoms with Gasteiger partial charge in [0.15, 0.2) is 5.13 Å². The van der Waals surface area contributed by atoms with Crippen molar-refractivity contribution in [2.24, 2.45) is 0 Å². The number of thioether (sulfide) groups is 1. The van der Waals surface area contributed by atoms with E-state index in [0.29, 0.717) is 26.7 Å². The summed E-state index contributed by atoms with van der Waals surface area (Å²) in [5, 5.41) is 4.97. The lowest BCUT2D eigenvalue weighted by Crippen LogP contribution is -2.16. The monoisotopic (exact) mass is 467 g/mol. The molecule has 11 heteroatoms. The van der Waals surface area contributed by atoms with E-state index < -0.39 is 6.36 Å². The highest BCUT2D eigenvalue weighted by Gasteiger charge is 2.31. The molecule has 0 saturated heterocycles. The van der Waals surface area contributed by atoms with Crippen LogP contribution < -0.4 is 10.1 Å². The Labute approximate surface area is 180 Å². The summed E-state index contributed by atoms with van der Waals surface area (Å²) in [5.41, 5.74) is 3.64. The number of anilines is 1. The van der Waals surface area contributed by atoms with Gasteiger partial charge in [-0.05, 0) is 24.3 Å². The number of alkyl halides is 3. The first kappa shape index (κ1) is 20.6. The molecule has 0 aliphatic rings. The molecule has 4 rings (SSSR count). The van der Waals surface area contributed by atoms with E-state index in [0.717, 1.165) is 21.9 Å². The van der Waals surface area contributed by atoms with Gasteiger partial charge >= 0.3 is 6.36 Å². The second-order valence-electron chi connectivity index (χ2n) is 5.92. The molecule has 0 aliphatic carbocycles. The Morgan fingerprint density at radius 3 is 2.80 bits per heavy atom. The Bertz CT molecular complexity index is 1180. The van der Waals surface area contributed by atoms with Gasteiger partial charge in [-0.25, -0.2) is 9.97 Å². The van der Waals surface area contributed by atoms with Crippen LogP contribution in [-0.2, 0) is 5.75 Å². The smallest absolute Gasteiger partial charge is 0.406 e. The molecule has 0 spiro atoms. The number of halogens is 3. The zero-order chi connectivity index (χ0) is 21.1. The van der Waals surface area contributed by atoms with E-state index in [2.05, 4.69) is 20.0 Å². The van der Waals surface area contributed by atoms with Gasteiger partial charge in [0, 0.05) is 22.1 Å². The molecule has 30 heavy (non-hydrogen) atoms. The van der Waals surface area contributed by atoms with Crippen molar-refractivity contribution < 1.29 is 22.7 Å². The summed E-state index contributed by atoms with van der Waals surface area (Å²) in [6.07, 6.45) is -4.77. The highest BCUT2D eigenvalue weighted by molar-refractivity contribution is 7.98. The van der Waals surface area contributed by atoms with E-state index in [1.54, 1.807) is 17.6 Å². The molecule has 2 aromatic carbocycles. The van der Waals surface area contributed by atoms with Crippen LogP contribution in [0.4, 0.5) is 18.3 Å². The highest BCUT2D eigenvalue weighted by atomic mass is 32.2. The number of ether oxygens (including phenoxy) is 1. The Kier molecular flexibility index (Phi) is 5.93. The SMILES string of the molecule is O=C(Nc1nc2ccc(OC(F)(F)F)cc2s1)c1ccccc1SCc1cscn1. The molecule has 1 N–H and O–H groups in total. The average molecular weight is 468 g/mol. The summed E-state index contributed by atoms with van der Waals surface area (Å²) in [6.45, 7) is 0. The lowest BCUT2D eigenvalue weighted by atomic mass is 10.2. The Morgan fingerprint density at radius 1 is 1.20 bits per heavy atom. The first-order valence-corrected chi connectivity index (χ1v) is 11.2. The number of nitrogens with zero attached hydrogens (tertiary/aromatic N) is 2. The number of amides is 1. The molecule has 4 aromatic rings. The third-order valence-corrected chi connectivity index (χ3v) is 6.48. The minimum atomic E-state index is -4.77. The fraction of sp³-hybridized carbons (Fsp3) is 0.105. The number of hydrogen-bond donors (Lipinski definition) is 1. The molecule has 1 amide bonds. The largest absolute Gasteiger partial charge is 0.573 e. The number of carbonyl (C=O) groups excluding carboxylic acids is 1. The van der Waals surface area contributed by atoms with Crippen LogP contribution in [0, 0.1) is 0 Å². The van der Waals surface area contributed by atoms with Gasteiger partial charge in [-0.3, -0.25) is 10.1 Å². The molecule has 0 unspecified atom stereocenters. The Morgan fingerprint density at radius 2 is 2.03 bits per heavy atom. The molecule has 2 aromatic heterocycles. The topological polar surface area (TPSA) is 64.1 Å². The van der Waals surface area contributed by atoms with Crippen molar-refractivity contribution in [3.63, 3.8) is 0 Å². The Hall–Kier alpha value is -2.63. The summed E-state index contributed by atoms with van der Waals surface area (Å²) in [6, 6.07) is 11.0. The minimum Gasteiger partial charge on any atom is -0.406 e. The maximum atomic E-state index is 12.8. The molecule has 2 heterocycles. The van der Waals surface area contributed by atoms with E-state index in [-0.39, 0.29) is 11.7 Å². The van der Waals surface area contributed by atoms with Crippen LogP contribution in [0.1, 0.15) is 16.1 Å². The van der Waals surface area contributed by atoms with Gasteiger partial charge in [0.1, 0.15) is 5.75 Å². The van der Waals surface area contributed by atoms with Crippen molar-refractivity contribution in [1.82, 2.24) is 9.97 Å². The molecule has 154 valence electrons. The van der Waals surface area contributed by atoms with Gasteiger partial charge in [-0.15, -0.1) is 36.3 Å². The summed E-state index contributed by atoms with van der Waals surface area (Å²) >= 11 is 4.08. The quantitative estimate of drug-likeness (QED) is 0.342. The second kappa shape index (κ2) is 8.62. The maximum Gasteiger partial charge on any atom is 0.573 e. The fourth-order valence-electron chi connectivity index (χ4n) is 2.56. The number of nitrogens with one attached hydrogen (secondary N) is 1. The van der Waals surface area contributed by atoms with Crippen molar-refractivity contribution in [2.75, 3.05) is 5.32 Å². The third kappa shape index (κ3) is 5.10. The predicted octanol–water partition coefficient (Wildman–Crippen LogP) is 6.20. The standard InChI is InChI=1S/C19H12F3N3O2S3/c20-19(21,22)27-12-5-6-14-16(7-12)30-18(24-14)25-17(26)13-3-1-2-4-15(13)29-9-11-8-28-10-23-11/h1-8,10H,9H2,(H,24,25,26). The van der Waals surface area contributed by atoms with Gasteiger partial charge in [0.05, 0.1) is 27.0 Å². The lowest BCUT2D eigenvalue weighted by Gasteiger charge is -2.07. The lowest BCUT2D eigenvalue weighted by molar-refractivity contribution is -0.274. The van der Waals surface area contributed by atoms with E-state index in [1.165, 1.54) is 41.3 Å². The van der Waals surface area contributed by atoms with Crippen molar-refractivity contribution in [2.45, 2.75) is 17.0 Å². The molecular weight excluding hydrogens is 455 g/mol. The predicted molar refractivity (Wildman–Crippen MR) is 112 cm³/mol. The van der Waals surface area contributed by atoms with Gasteiger partial charge in [-0.2, -0.15) is 0 Å². The zero-order valence-corrected chi connectivity index (χ0v) is 17.4. The van der Waals surface area contributed by atoms with Crippen LogP contribution in [-0.4, -0.2) is 22.2 Å². The first-order chi connectivity index (χ1) is 14.4. The van der Waals surface area contributed by atoms with Crippen LogP contribution >= 0.6 is 34.4 Å². The van der Waals surface area contributed by atoms with Crippen LogP contribution in [0.15, 0.2) is 58.3 Å². The van der Waals surface area contributed by atoms with Gasteiger partial charge < -0.3 is 4.74 Å². The average Bonchev–Trinajstić information content (AvgIpc) is 3.34. The normalized spacial score (nSPS) is 11.6. The minimum absolute atomic E-state index is 0.290. The maximum absolute atomic E-state index is 12.8. The molecule has 0 bridgehead atoms. The van der Waals surface area contributed by atoms with Crippen LogP contribution in [0.5, 0.6) is 5.75 Å². The van der Waals surface area contributed by atoms with Crippen molar-refractivity contribution >= 4 is 55.7 Å². The van der Waals surface area contributed by atoms with Crippen molar-refractivity contribution in [3.8, 4) is 5.75 Å². The van der Waals surface area contributed by atoms with E-state index in [4.69, 9.17) is 0 Å². The Balaban J connectivity index is 1.50. The summed E-state index contributed by atoms with van der Waals surface area (Å²) in [7, 11) is 0. The third-order valence-electron chi connectivity index (χ3n) is 3.80. The summed E-state index contributed by atoms with van der Waals surface area (Å²) < 4.78 is 41.6. The van der Waals surface area contributed by atoms with Crippen LogP contribution in [0.25, 0.3) is 10.2 Å². The number of rotatable bonds is 6. The zero-order valence-electron chi connectivity index (χ0n) is 15.0. The second-order valence-corrected chi connectivity index (χ2v) is 8.68. The molecule has 0 saturated carbocycles. The molecular formula is C19H12F3N3O2S3. The van der Waals surface area contributed by atoms with Gasteiger partial charge in [-0.1, -0.05) is 23.5 Å². The van der Waals surface area contributed by atoms with Crippen LogP contribution in [0.2, 0.25) is 0 Å². The molecule has 0 atom stereocenters. The number of fused-ring (bicyclic) bond motifs is 1. The highest BCUT2D eigenvalue weighted by Crippen LogP contribution is 2.32. The van der Waals surface area contributed by atoms with E-state index in [1.807, 2.05) is 17.5 Å². The number of benzene rings is 2. The van der Waals surface area contributed by atoms with E-state index in [9.17, 15) is 18.0 Å². The van der Waals surface area contributed by atoms with Gasteiger partial charge in [0.2, 0.25) is 0 Å². The number of carbonyl (C=O) groups is 1. The molecule has 5 nitrogen and oxygen atoms in total. The van der Waals surface area contributed by atoms with Crippen molar-refractivity contribution in [1.29, 1.82) is 0 Å². The molecule has 0 radical (unpaired) electrons. The number of hydrogen-bond acceptors (Lipinski definition) is 7. The number of aromatic nitrogens is 2. The summed E-state index contributed by atoms with van der Waals surface area (Å²) in [4.78, 5) is 22.1. The fourth-order valence-corrected chi connectivity index (χ4v) is 5.07. The van der Waals surface area contributed by atoms with Crippen molar-refractivity contribution in [3.05, 3.63) is 64.6 Å². The first-order valence-electron chi connectivity index (χ1n) is 8.44.